The summed E-state index contributed by atoms with van der Waals surface area (Å²) in [5, 5.41) is 0. The van der Waals surface area contributed by atoms with Crippen LogP contribution in [0.1, 0.15) is 65.7 Å². The number of carbonyl (C=O) groups excluding carboxylic acids is 2. The standard InChI is InChI=1S/C8H14O3.2C3H7O.Al/c1-2-3-4-5-7(9)6-8(10)11;2*1-2-3-4;/h2-6H2,1H3,(H,10,11);2*2-3H2,1H3;/q;2*-1;+3/p-1. The Hall–Kier alpha value is -0.408. The van der Waals surface area contributed by atoms with Gasteiger partial charge < -0.3 is 11.4 Å². The van der Waals surface area contributed by atoms with Crippen molar-refractivity contribution in [1.82, 2.24) is 0 Å². The van der Waals surface area contributed by atoms with E-state index < -0.39 is 21.1 Å². The molecule has 0 aliphatic rings. The van der Waals surface area contributed by atoms with Crippen LogP contribution in [0.25, 0.3) is 0 Å². The van der Waals surface area contributed by atoms with Crippen LogP contribution in [0.5, 0.6) is 0 Å². The summed E-state index contributed by atoms with van der Waals surface area (Å²) in [6, 6.07) is 0. The van der Waals surface area contributed by atoms with Crippen molar-refractivity contribution >= 4 is 26.9 Å². The van der Waals surface area contributed by atoms with Crippen LogP contribution in [-0.2, 0) is 21.0 Å². The lowest BCUT2D eigenvalue weighted by Gasteiger charge is -2.12. The maximum atomic E-state index is 11.7. The Balaban J connectivity index is 3.99. The molecule has 0 fully saturated rings. The highest BCUT2D eigenvalue weighted by atomic mass is 27.3. The molecule has 0 bridgehead atoms. The summed E-state index contributed by atoms with van der Waals surface area (Å²) in [5.41, 5.74) is 0. The third-order valence-corrected chi connectivity index (χ3v) is 4.02. The number of hydrogen-bond donors (Lipinski definition) is 0. The van der Waals surface area contributed by atoms with Gasteiger partial charge in [0.05, 0.1) is 0 Å². The molecule has 0 aromatic heterocycles. The minimum Gasteiger partial charge on any atom is -0.572 e. The first kappa shape index (κ1) is 19.6. The molecule has 0 heterocycles. The monoisotopic (exact) mass is 302 g/mol. The van der Waals surface area contributed by atoms with Crippen molar-refractivity contribution in [3.63, 3.8) is 0 Å². The summed E-state index contributed by atoms with van der Waals surface area (Å²) in [4.78, 5) is 23.2. The fourth-order valence-electron chi connectivity index (χ4n) is 1.51. The molecule has 0 aromatic carbocycles. The first-order chi connectivity index (χ1) is 9.63. The minimum absolute atomic E-state index is 0.0674. The lowest BCUT2D eigenvalue weighted by molar-refractivity contribution is -0.141. The Morgan fingerprint density at radius 3 is 2.00 bits per heavy atom. The lowest BCUT2D eigenvalue weighted by Crippen LogP contribution is -2.31. The molecule has 6 heteroatoms. The Kier molecular flexibility index (Phi) is 13.3. The Bertz CT molecular complexity index is 262. The van der Waals surface area contributed by atoms with Crippen molar-refractivity contribution < 1.29 is 21.0 Å². The average molecular weight is 302 g/mol. The van der Waals surface area contributed by atoms with Crippen molar-refractivity contribution in [2.45, 2.75) is 65.7 Å². The van der Waals surface area contributed by atoms with Gasteiger partial charge in [0.2, 0.25) is 0 Å². The summed E-state index contributed by atoms with van der Waals surface area (Å²) < 4.78 is 16.0. The molecule has 20 heavy (non-hydrogen) atoms. The maximum absolute atomic E-state index is 11.7. The number of hydrogen-bond acceptors (Lipinski definition) is 5. The first-order valence-corrected chi connectivity index (χ1v) is 8.99. The Morgan fingerprint density at radius 2 is 1.50 bits per heavy atom. The molecular formula is C14H27AlO5. The minimum atomic E-state index is -2.42. The van der Waals surface area contributed by atoms with Crippen LogP contribution >= 0.6 is 0 Å². The lowest BCUT2D eigenvalue weighted by atomic mass is 10.1. The third-order valence-electron chi connectivity index (χ3n) is 2.54. The van der Waals surface area contributed by atoms with Gasteiger partial charge in [-0.15, -0.1) is 0 Å². The van der Waals surface area contributed by atoms with Crippen molar-refractivity contribution in [2.75, 3.05) is 13.2 Å². The first-order valence-electron chi connectivity index (χ1n) is 7.58. The van der Waals surface area contributed by atoms with Gasteiger partial charge in [-0.25, -0.2) is 0 Å². The van der Waals surface area contributed by atoms with Gasteiger partial charge in [-0.3, -0.25) is 9.59 Å². The molecule has 0 spiro atoms. The quantitative estimate of drug-likeness (QED) is 0.297. The van der Waals surface area contributed by atoms with Crippen molar-refractivity contribution in [3.05, 3.63) is 0 Å². The van der Waals surface area contributed by atoms with E-state index in [0.29, 0.717) is 19.6 Å². The molecule has 0 aliphatic carbocycles. The second kappa shape index (κ2) is 13.6. The summed E-state index contributed by atoms with van der Waals surface area (Å²) in [7, 11) is 0. The molecule has 0 N–H and O–H groups in total. The van der Waals surface area contributed by atoms with Gasteiger partial charge in [0.15, 0.2) is 0 Å². The topological polar surface area (TPSA) is 61.8 Å². The third kappa shape index (κ3) is 11.4. The van der Waals surface area contributed by atoms with E-state index in [9.17, 15) is 9.59 Å². The average Bonchev–Trinajstić information content (AvgIpc) is 2.42. The highest BCUT2D eigenvalue weighted by molar-refractivity contribution is 6.39. The molecule has 0 saturated heterocycles. The predicted octanol–water partition coefficient (Wildman–Crippen LogP) is 2.91. The zero-order valence-corrected chi connectivity index (χ0v) is 14.1. The van der Waals surface area contributed by atoms with Crippen LogP contribution in [0.15, 0.2) is 0 Å². The summed E-state index contributed by atoms with van der Waals surface area (Å²) in [6.45, 7) is 7.05. The van der Waals surface area contributed by atoms with E-state index in [1.165, 1.54) is 0 Å². The molecule has 0 atom stereocenters. The normalized spacial score (nSPS) is 10.3. The fraction of sp³-hybridized carbons (Fsp3) is 0.857. The van der Waals surface area contributed by atoms with E-state index >= 15 is 0 Å². The SMILES string of the molecule is CCCCCC(=O)CC(=O)[O][Al]([O]CCC)[O]CCC. The van der Waals surface area contributed by atoms with Gasteiger partial charge in [0.1, 0.15) is 12.2 Å². The molecule has 0 aromatic rings. The zero-order chi connectivity index (χ0) is 15.2. The molecule has 0 amide bonds. The van der Waals surface area contributed by atoms with Crippen molar-refractivity contribution in [1.29, 1.82) is 0 Å². The summed E-state index contributed by atoms with van der Waals surface area (Å²) >= 11 is -2.42. The second-order valence-electron chi connectivity index (χ2n) is 4.69. The summed E-state index contributed by atoms with van der Waals surface area (Å²) in [6.07, 6.45) is 4.86. The van der Waals surface area contributed by atoms with Crippen LogP contribution in [0.4, 0.5) is 0 Å². The van der Waals surface area contributed by atoms with E-state index in [-0.39, 0.29) is 12.2 Å². The Morgan fingerprint density at radius 1 is 0.900 bits per heavy atom. The molecule has 0 rings (SSSR count). The molecule has 116 valence electrons. The highest BCUT2D eigenvalue weighted by Gasteiger charge is 2.36. The molecule has 0 unspecified atom stereocenters. The number of ketones is 1. The molecule has 0 radical (unpaired) electrons. The van der Waals surface area contributed by atoms with Gasteiger partial charge in [-0.1, -0.05) is 33.6 Å². The summed E-state index contributed by atoms with van der Waals surface area (Å²) in [5.74, 6) is -0.586. The van der Waals surface area contributed by atoms with Crippen LogP contribution in [0, 0.1) is 0 Å². The highest BCUT2D eigenvalue weighted by Crippen LogP contribution is 2.04. The maximum Gasteiger partial charge on any atom is 1.00 e. The zero-order valence-electron chi connectivity index (χ0n) is 13.0. The van der Waals surface area contributed by atoms with E-state index in [0.717, 1.165) is 32.1 Å². The van der Waals surface area contributed by atoms with Crippen molar-refractivity contribution in [2.24, 2.45) is 0 Å². The predicted molar refractivity (Wildman–Crippen MR) is 78.1 cm³/mol. The molecule has 0 saturated carbocycles. The van der Waals surface area contributed by atoms with Gasteiger partial charge in [0.25, 0.3) is 5.97 Å². The second-order valence-corrected chi connectivity index (χ2v) is 6.17. The van der Waals surface area contributed by atoms with E-state index in [4.69, 9.17) is 11.4 Å². The van der Waals surface area contributed by atoms with E-state index in [1.54, 1.807) is 0 Å². The van der Waals surface area contributed by atoms with Gasteiger partial charge in [-0.05, 0) is 19.3 Å². The Labute approximate surface area is 127 Å². The fourth-order valence-corrected chi connectivity index (χ4v) is 2.90. The number of unbranched alkanes of at least 4 members (excludes halogenated alkanes) is 2. The molecular weight excluding hydrogens is 275 g/mol. The van der Waals surface area contributed by atoms with Crippen LogP contribution < -0.4 is 0 Å². The number of carbonyl (C=O) groups is 2. The smallest absolute Gasteiger partial charge is 0.572 e. The molecule has 5 nitrogen and oxygen atoms in total. The van der Waals surface area contributed by atoms with Crippen molar-refractivity contribution in [3.8, 4) is 0 Å². The van der Waals surface area contributed by atoms with Crippen LogP contribution in [0.2, 0.25) is 0 Å². The van der Waals surface area contributed by atoms with E-state index in [2.05, 4.69) is 6.92 Å². The van der Waals surface area contributed by atoms with Crippen LogP contribution in [0.3, 0.4) is 0 Å². The molecule has 0 aliphatic heterocycles. The number of rotatable bonds is 13. The van der Waals surface area contributed by atoms with Gasteiger partial charge in [0, 0.05) is 19.6 Å². The largest absolute Gasteiger partial charge is 1.00 e. The number of Topliss-reactive ketones (excluding diaryl/α,β-unsaturated/α-hetero) is 1. The van der Waals surface area contributed by atoms with Gasteiger partial charge >= 0.3 is 15.1 Å². The van der Waals surface area contributed by atoms with Crippen LogP contribution in [-0.4, -0.2) is 40.1 Å². The van der Waals surface area contributed by atoms with E-state index in [1.807, 2.05) is 13.8 Å². The van der Waals surface area contributed by atoms with Gasteiger partial charge in [-0.2, -0.15) is 0 Å².